The van der Waals surface area contributed by atoms with Crippen molar-refractivity contribution in [3.05, 3.63) is 35.5 Å². The molecule has 24 heavy (non-hydrogen) atoms. The molecule has 0 saturated carbocycles. The van der Waals surface area contributed by atoms with Crippen LogP contribution in [0.1, 0.15) is 73.6 Å². The number of hydrogen-bond donors (Lipinski definition) is 1. The predicted molar refractivity (Wildman–Crippen MR) is 110 cm³/mol. The smallest absolute Gasteiger partial charge is 0.195 e. The van der Waals surface area contributed by atoms with Crippen LogP contribution in [0.4, 0.5) is 0 Å². The lowest BCUT2D eigenvalue weighted by atomic mass is 10.0. The van der Waals surface area contributed by atoms with Gasteiger partial charge in [-0.05, 0) is 77.1 Å². The molecule has 0 aliphatic rings. The zero-order valence-corrected chi connectivity index (χ0v) is 18.3. The van der Waals surface area contributed by atoms with E-state index >= 15 is 0 Å². The summed E-state index contributed by atoms with van der Waals surface area (Å²) in [5.41, 5.74) is 3.90. The fourth-order valence-corrected chi connectivity index (χ4v) is 3.18. The van der Waals surface area contributed by atoms with Crippen molar-refractivity contribution < 1.29 is 9.53 Å². The van der Waals surface area contributed by atoms with Crippen LogP contribution in [0.2, 0.25) is 18.1 Å². The van der Waals surface area contributed by atoms with Crippen LogP contribution >= 0.6 is 0 Å². The van der Waals surface area contributed by atoms with Gasteiger partial charge in [0.15, 0.2) is 14.6 Å². The van der Waals surface area contributed by atoms with Crippen molar-refractivity contribution in [3.63, 3.8) is 0 Å². The highest BCUT2D eigenvalue weighted by atomic mass is 28.4. The van der Waals surface area contributed by atoms with Crippen molar-refractivity contribution >= 4 is 8.32 Å². The second kappa shape index (κ2) is 10.4. The van der Waals surface area contributed by atoms with E-state index in [2.05, 4.69) is 67.3 Å². The predicted octanol–water partition coefficient (Wildman–Crippen LogP) is 6.75. The first-order chi connectivity index (χ1) is 10.8. The summed E-state index contributed by atoms with van der Waals surface area (Å²) in [7, 11) is -1.92. The van der Waals surface area contributed by atoms with E-state index < -0.39 is 14.6 Å². The van der Waals surface area contributed by atoms with Crippen LogP contribution in [0, 0.1) is 0 Å². The third kappa shape index (κ3) is 10.3. The molecular weight excluding hydrogens is 312 g/mol. The Morgan fingerprint density at radius 2 is 1.67 bits per heavy atom. The van der Waals surface area contributed by atoms with Gasteiger partial charge in [0, 0.05) is 0 Å². The summed E-state index contributed by atoms with van der Waals surface area (Å²) in [5, 5.41) is 10.3. The molecule has 0 amide bonds. The van der Waals surface area contributed by atoms with E-state index in [1.165, 1.54) is 23.1 Å². The van der Waals surface area contributed by atoms with Gasteiger partial charge in [-0.2, -0.15) is 0 Å². The maximum Gasteiger partial charge on any atom is 0.195 e. The van der Waals surface area contributed by atoms with Crippen LogP contribution in [0.15, 0.2) is 35.5 Å². The van der Waals surface area contributed by atoms with Gasteiger partial charge in [-0.3, -0.25) is 0 Å². The van der Waals surface area contributed by atoms with Gasteiger partial charge >= 0.3 is 0 Å². The molecule has 0 radical (unpaired) electrons. The van der Waals surface area contributed by atoms with Crippen molar-refractivity contribution in [1.82, 2.24) is 0 Å². The van der Waals surface area contributed by atoms with Crippen molar-refractivity contribution in [2.75, 3.05) is 0 Å². The molecule has 3 heteroatoms. The number of allylic oxidation sites excluding steroid dienone is 4. The molecule has 0 heterocycles. The summed E-state index contributed by atoms with van der Waals surface area (Å²) in [5.74, 6) is 0. The molecule has 0 rings (SSSR count). The first kappa shape index (κ1) is 23.4. The highest BCUT2D eigenvalue weighted by Gasteiger charge is 2.38. The largest absolute Gasteiger partial charge is 0.389 e. The lowest BCUT2D eigenvalue weighted by Crippen LogP contribution is -2.43. The van der Waals surface area contributed by atoms with Crippen LogP contribution in [-0.2, 0) is 4.43 Å². The molecule has 0 bridgehead atoms. The Morgan fingerprint density at radius 3 is 2.17 bits per heavy atom. The molecule has 140 valence electrons. The number of hydrogen-bond acceptors (Lipinski definition) is 2. The van der Waals surface area contributed by atoms with Gasteiger partial charge in [-0.25, -0.2) is 0 Å². The van der Waals surface area contributed by atoms with Gasteiger partial charge in [0.25, 0.3) is 0 Å². The fourth-order valence-electron chi connectivity index (χ4n) is 2.16. The first-order valence-corrected chi connectivity index (χ1v) is 12.1. The van der Waals surface area contributed by atoms with E-state index in [1.807, 2.05) is 6.08 Å². The Morgan fingerprint density at radius 1 is 1.08 bits per heavy atom. The van der Waals surface area contributed by atoms with Crippen molar-refractivity contribution in [2.45, 2.75) is 98.1 Å². The van der Waals surface area contributed by atoms with Gasteiger partial charge in [-0.1, -0.05) is 43.6 Å². The Labute approximate surface area is 151 Å². The van der Waals surface area contributed by atoms with Crippen molar-refractivity contribution in [1.29, 1.82) is 0 Å². The minimum Gasteiger partial charge on any atom is -0.389 e. The Bertz CT molecular complexity index is 453. The van der Waals surface area contributed by atoms with Crippen LogP contribution in [0.3, 0.4) is 0 Å². The molecule has 0 aromatic rings. The second-order valence-electron chi connectivity index (χ2n) is 8.68. The molecule has 1 atom stereocenters. The molecule has 0 aliphatic heterocycles. The monoisotopic (exact) mass is 352 g/mol. The topological polar surface area (TPSA) is 29.5 Å². The van der Waals surface area contributed by atoms with Gasteiger partial charge in [0.2, 0.25) is 0 Å². The van der Waals surface area contributed by atoms with E-state index in [4.69, 9.17) is 4.43 Å². The zero-order valence-electron chi connectivity index (χ0n) is 17.3. The molecule has 1 unspecified atom stereocenters. The SMILES string of the molecule is C=C(C)CCC/C(C)=C/CC/C(C)=C/C(O)O[Si](C)(C)C(C)(C)C. The normalized spacial score (nSPS) is 15.5. The quantitative estimate of drug-likeness (QED) is 0.268. The molecule has 0 fully saturated rings. The maximum absolute atomic E-state index is 10.2. The number of aliphatic hydroxyl groups excluding tert-OH is 1. The minimum atomic E-state index is -1.92. The molecular formula is C21H40O2Si. The van der Waals surface area contributed by atoms with Crippen LogP contribution in [-0.4, -0.2) is 19.7 Å². The van der Waals surface area contributed by atoms with Gasteiger partial charge in [0.1, 0.15) is 0 Å². The second-order valence-corrected chi connectivity index (χ2v) is 13.4. The van der Waals surface area contributed by atoms with E-state index in [0.717, 1.165) is 25.7 Å². The minimum absolute atomic E-state index is 0.110. The lowest BCUT2D eigenvalue weighted by Gasteiger charge is -2.37. The summed E-state index contributed by atoms with van der Waals surface area (Å²) >= 11 is 0. The first-order valence-electron chi connectivity index (χ1n) is 9.18. The Kier molecular flexibility index (Phi) is 10.1. The van der Waals surface area contributed by atoms with E-state index in [0.29, 0.717) is 0 Å². The molecule has 1 N–H and O–H groups in total. The summed E-state index contributed by atoms with van der Waals surface area (Å²) in [6, 6.07) is 0. The number of rotatable bonds is 10. The van der Waals surface area contributed by atoms with Gasteiger partial charge in [-0.15, -0.1) is 6.58 Å². The van der Waals surface area contributed by atoms with E-state index in [9.17, 15) is 5.11 Å². The van der Waals surface area contributed by atoms with Gasteiger partial charge in [0.05, 0.1) is 0 Å². The molecule has 0 aliphatic carbocycles. The summed E-state index contributed by atoms with van der Waals surface area (Å²) in [6.07, 6.45) is 8.83. The highest BCUT2D eigenvalue weighted by Crippen LogP contribution is 2.37. The van der Waals surface area contributed by atoms with Gasteiger partial charge < -0.3 is 9.53 Å². The van der Waals surface area contributed by atoms with E-state index in [1.54, 1.807) is 0 Å². The van der Waals surface area contributed by atoms with Crippen LogP contribution in [0.5, 0.6) is 0 Å². The standard InChI is InChI=1S/C21H40O2Si/c1-17(2)12-10-13-18(3)14-11-15-19(4)16-20(22)23-24(8,9)21(5,6)7/h14,16,20,22H,1,10-13,15H2,2-9H3/b18-14+,19-16+. The summed E-state index contributed by atoms with van der Waals surface area (Å²) in [4.78, 5) is 0. The average Bonchev–Trinajstić information content (AvgIpc) is 2.35. The van der Waals surface area contributed by atoms with Crippen molar-refractivity contribution in [2.24, 2.45) is 0 Å². The number of aliphatic hydroxyl groups is 1. The molecule has 2 nitrogen and oxygen atoms in total. The third-order valence-corrected chi connectivity index (χ3v) is 9.30. The Hall–Kier alpha value is -0.643. The lowest BCUT2D eigenvalue weighted by molar-refractivity contribution is 0.0123. The Balaban J connectivity index is 4.33. The molecule has 0 aromatic heterocycles. The molecule has 0 spiro atoms. The fraction of sp³-hybridized carbons (Fsp3) is 0.714. The van der Waals surface area contributed by atoms with Crippen molar-refractivity contribution in [3.8, 4) is 0 Å². The maximum atomic E-state index is 10.2. The third-order valence-electron chi connectivity index (χ3n) is 4.85. The van der Waals surface area contributed by atoms with E-state index in [-0.39, 0.29) is 5.04 Å². The van der Waals surface area contributed by atoms with Crippen LogP contribution in [0.25, 0.3) is 0 Å². The summed E-state index contributed by atoms with van der Waals surface area (Å²) in [6.45, 7) is 21.2. The summed E-state index contributed by atoms with van der Waals surface area (Å²) < 4.78 is 5.97. The molecule has 0 saturated heterocycles. The van der Waals surface area contributed by atoms with Crippen LogP contribution < -0.4 is 0 Å². The molecule has 0 aromatic carbocycles. The zero-order chi connectivity index (χ0) is 19.0. The average molecular weight is 353 g/mol. The highest BCUT2D eigenvalue weighted by molar-refractivity contribution is 6.74.